The molecule has 2 aromatic rings. The fourth-order valence-electron chi connectivity index (χ4n) is 2.84. The molecule has 2 N–H and O–H groups in total. The second-order valence-corrected chi connectivity index (χ2v) is 7.46. The van der Waals surface area contributed by atoms with Gasteiger partial charge < -0.3 is 9.47 Å². The number of amides is 1. The van der Waals surface area contributed by atoms with Crippen molar-refractivity contribution < 1.29 is 13.2 Å². The number of benzene rings is 1. The Bertz CT molecular complexity index is 785. The highest BCUT2D eigenvalue weighted by Crippen LogP contribution is 2.26. The Kier molecular flexibility index (Phi) is 4.18. The summed E-state index contributed by atoms with van der Waals surface area (Å²) in [6, 6.07) is 7.66. The summed E-state index contributed by atoms with van der Waals surface area (Å²) in [6.45, 7) is 1.10. The van der Waals surface area contributed by atoms with Crippen LogP contribution in [0.1, 0.15) is 12.0 Å². The Morgan fingerprint density at radius 3 is 2.61 bits per heavy atom. The predicted molar refractivity (Wildman–Crippen MR) is 86.2 cm³/mol. The van der Waals surface area contributed by atoms with Crippen LogP contribution < -0.4 is 10.0 Å². The van der Waals surface area contributed by atoms with Crippen LogP contribution in [-0.2, 0) is 21.4 Å². The van der Waals surface area contributed by atoms with Gasteiger partial charge in [0, 0.05) is 43.5 Å². The lowest BCUT2D eigenvalue weighted by Crippen LogP contribution is -2.27. The molecule has 1 aromatic carbocycles. The molecule has 23 heavy (non-hydrogen) atoms. The molecule has 7 nitrogen and oxygen atoms in total. The van der Waals surface area contributed by atoms with E-state index in [0.29, 0.717) is 13.1 Å². The average Bonchev–Trinajstić information content (AvgIpc) is 3.08. The van der Waals surface area contributed by atoms with Gasteiger partial charge in [0.05, 0.1) is 12.1 Å². The van der Waals surface area contributed by atoms with Gasteiger partial charge in [0.15, 0.2) is 0 Å². The molecule has 0 bridgehead atoms. The molecule has 1 fully saturated rings. The SMILES string of the molecule is NS(=O)(=O)CC1CC(=O)N(c2ccc(Cn3ccnc3)cc2)C1. The van der Waals surface area contributed by atoms with E-state index in [1.807, 2.05) is 35.0 Å². The zero-order chi connectivity index (χ0) is 16.4. The Hall–Kier alpha value is -2.19. The molecule has 1 aliphatic rings. The molecule has 1 unspecified atom stereocenters. The molecule has 0 radical (unpaired) electrons. The Morgan fingerprint density at radius 2 is 2.00 bits per heavy atom. The van der Waals surface area contributed by atoms with E-state index in [9.17, 15) is 13.2 Å². The summed E-state index contributed by atoms with van der Waals surface area (Å²) >= 11 is 0. The van der Waals surface area contributed by atoms with E-state index in [1.165, 1.54) is 0 Å². The van der Waals surface area contributed by atoms with Crippen molar-refractivity contribution in [1.29, 1.82) is 0 Å². The number of carbonyl (C=O) groups excluding carboxylic acids is 1. The topological polar surface area (TPSA) is 98.3 Å². The van der Waals surface area contributed by atoms with Gasteiger partial charge in [-0.05, 0) is 17.7 Å². The molecule has 0 aliphatic carbocycles. The molecule has 1 saturated heterocycles. The molecule has 2 heterocycles. The number of rotatable bonds is 5. The molecule has 1 aliphatic heterocycles. The molecular formula is C15H18N4O3S. The third-order valence-electron chi connectivity index (χ3n) is 3.85. The zero-order valence-electron chi connectivity index (χ0n) is 12.5. The third kappa shape index (κ3) is 3.96. The van der Waals surface area contributed by atoms with Crippen molar-refractivity contribution in [3.8, 4) is 0 Å². The minimum absolute atomic E-state index is 0.0685. The maximum atomic E-state index is 12.1. The van der Waals surface area contributed by atoms with Crippen LogP contribution in [0, 0.1) is 5.92 Å². The zero-order valence-corrected chi connectivity index (χ0v) is 13.3. The number of hydrogen-bond donors (Lipinski definition) is 1. The van der Waals surface area contributed by atoms with E-state index in [1.54, 1.807) is 17.4 Å². The van der Waals surface area contributed by atoms with Gasteiger partial charge in [0.1, 0.15) is 0 Å². The van der Waals surface area contributed by atoms with Gasteiger partial charge >= 0.3 is 0 Å². The summed E-state index contributed by atoms with van der Waals surface area (Å²) in [6.07, 6.45) is 5.57. The van der Waals surface area contributed by atoms with Crippen LogP contribution in [0.3, 0.4) is 0 Å². The first-order chi connectivity index (χ1) is 10.9. The molecule has 3 rings (SSSR count). The molecule has 1 atom stereocenters. The summed E-state index contributed by atoms with van der Waals surface area (Å²) in [5.74, 6) is -0.474. The number of carbonyl (C=O) groups is 1. The van der Waals surface area contributed by atoms with Crippen molar-refractivity contribution in [1.82, 2.24) is 9.55 Å². The summed E-state index contributed by atoms with van der Waals surface area (Å²) in [7, 11) is -3.56. The number of hydrogen-bond acceptors (Lipinski definition) is 4. The Balaban J connectivity index is 1.68. The quantitative estimate of drug-likeness (QED) is 0.864. The third-order valence-corrected chi connectivity index (χ3v) is 4.78. The Labute approximate surface area is 134 Å². The van der Waals surface area contributed by atoms with Crippen LogP contribution in [0.25, 0.3) is 0 Å². The van der Waals surface area contributed by atoms with Crippen LogP contribution in [0.4, 0.5) is 5.69 Å². The van der Waals surface area contributed by atoms with Crippen LogP contribution in [0.2, 0.25) is 0 Å². The number of nitrogens with zero attached hydrogens (tertiary/aromatic N) is 3. The highest BCUT2D eigenvalue weighted by molar-refractivity contribution is 7.89. The lowest BCUT2D eigenvalue weighted by Gasteiger charge is -2.17. The first-order valence-corrected chi connectivity index (χ1v) is 8.98. The first kappa shape index (κ1) is 15.7. The molecule has 122 valence electrons. The van der Waals surface area contributed by atoms with Crippen molar-refractivity contribution >= 4 is 21.6 Å². The van der Waals surface area contributed by atoms with Crippen molar-refractivity contribution in [2.45, 2.75) is 13.0 Å². The van der Waals surface area contributed by atoms with E-state index >= 15 is 0 Å². The van der Waals surface area contributed by atoms with E-state index in [0.717, 1.165) is 11.3 Å². The summed E-state index contributed by atoms with van der Waals surface area (Å²) in [5, 5.41) is 5.06. The van der Waals surface area contributed by atoms with Gasteiger partial charge in [-0.25, -0.2) is 18.5 Å². The van der Waals surface area contributed by atoms with E-state index < -0.39 is 10.0 Å². The molecule has 0 spiro atoms. The van der Waals surface area contributed by atoms with Crippen molar-refractivity contribution in [3.05, 3.63) is 48.5 Å². The van der Waals surface area contributed by atoms with Crippen LogP contribution in [0.5, 0.6) is 0 Å². The minimum atomic E-state index is -3.56. The minimum Gasteiger partial charge on any atom is -0.333 e. The first-order valence-electron chi connectivity index (χ1n) is 7.26. The largest absolute Gasteiger partial charge is 0.333 e. The van der Waals surface area contributed by atoms with Gasteiger partial charge in [-0.3, -0.25) is 4.79 Å². The van der Waals surface area contributed by atoms with Crippen molar-refractivity contribution in [2.24, 2.45) is 11.1 Å². The average molecular weight is 334 g/mol. The number of imidazole rings is 1. The number of sulfonamides is 1. The maximum absolute atomic E-state index is 12.1. The predicted octanol–water partition coefficient (Wildman–Crippen LogP) is 0.573. The lowest BCUT2D eigenvalue weighted by atomic mass is 10.1. The standard InChI is InChI=1S/C15H18N4O3S/c16-23(21,22)10-13-7-15(20)19(9-13)14-3-1-12(2-4-14)8-18-6-5-17-11-18/h1-6,11,13H,7-10H2,(H2,16,21,22). The van der Waals surface area contributed by atoms with Gasteiger partial charge in [0.25, 0.3) is 0 Å². The number of aromatic nitrogens is 2. The van der Waals surface area contributed by atoms with E-state index in [-0.39, 0.29) is 24.0 Å². The molecule has 1 amide bonds. The maximum Gasteiger partial charge on any atom is 0.227 e. The fourth-order valence-corrected chi connectivity index (χ4v) is 3.72. The number of primary sulfonamides is 1. The van der Waals surface area contributed by atoms with Gasteiger partial charge in [0.2, 0.25) is 15.9 Å². The Morgan fingerprint density at radius 1 is 1.26 bits per heavy atom. The van der Waals surface area contributed by atoms with Gasteiger partial charge in [-0.15, -0.1) is 0 Å². The summed E-state index contributed by atoms with van der Waals surface area (Å²) < 4.78 is 24.3. The molecular weight excluding hydrogens is 316 g/mol. The number of anilines is 1. The normalized spacial score (nSPS) is 18.6. The smallest absolute Gasteiger partial charge is 0.227 e. The van der Waals surface area contributed by atoms with Gasteiger partial charge in [-0.1, -0.05) is 12.1 Å². The summed E-state index contributed by atoms with van der Waals surface area (Å²) in [4.78, 5) is 17.7. The number of nitrogens with two attached hydrogens (primary N) is 1. The fraction of sp³-hybridized carbons (Fsp3) is 0.333. The van der Waals surface area contributed by atoms with E-state index in [2.05, 4.69) is 4.98 Å². The van der Waals surface area contributed by atoms with Crippen molar-refractivity contribution in [2.75, 3.05) is 17.2 Å². The molecule has 0 saturated carbocycles. The highest BCUT2D eigenvalue weighted by Gasteiger charge is 2.32. The highest BCUT2D eigenvalue weighted by atomic mass is 32.2. The lowest BCUT2D eigenvalue weighted by molar-refractivity contribution is -0.117. The van der Waals surface area contributed by atoms with Crippen LogP contribution >= 0.6 is 0 Å². The second-order valence-electron chi connectivity index (χ2n) is 5.81. The van der Waals surface area contributed by atoms with Crippen LogP contribution in [-0.4, -0.2) is 36.2 Å². The van der Waals surface area contributed by atoms with Crippen LogP contribution in [0.15, 0.2) is 43.0 Å². The molecule has 1 aromatic heterocycles. The van der Waals surface area contributed by atoms with Gasteiger partial charge in [-0.2, -0.15) is 0 Å². The van der Waals surface area contributed by atoms with Crippen molar-refractivity contribution in [3.63, 3.8) is 0 Å². The van der Waals surface area contributed by atoms with E-state index in [4.69, 9.17) is 5.14 Å². The molecule has 8 heteroatoms. The summed E-state index contributed by atoms with van der Waals surface area (Å²) in [5.41, 5.74) is 1.88. The second kappa shape index (κ2) is 6.13. The monoisotopic (exact) mass is 334 g/mol.